The average Bonchev–Trinajstić information content (AvgIpc) is 3.05. The zero-order valence-corrected chi connectivity index (χ0v) is 13.2. The number of phenolic OH excluding ortho intramolecular Hbond substituents is 1. The molecule has 0 saturated carbocycles. The van der Waals surface area contributed by atoms with Crippen LogP contribution in [0, 0.1) is 0 Å². The number of aromatic hydroxyl groups is 1. The minimum atomic E-state index is -0.459. The summed E-state index contributed by atoms with van der Waals surface area (Å²) in [5.74, 6) is -0.534. The Morgan fingerprint density at radius 2 is 1.80 bits per heavy atom. The third-order valence-electron chi connectivity index (χ3n) is 4.13. The summed E-state index contributed by atoms with van der Waals surface area (Å²) >= 11 is 0. The number of H-pyrrole nitrogens is 1. The van der Waals surface area contributed by atoms with E-state index in [-0.39, 0.29) is 11.3 Å². The molecule has 0 fully saturated rings. The summed E-state index contributed by atoms with van der Waals surface area (Å²) in [7, 11) is 0. The first-order valence-electron chi connectivity index (χ1n) is 7.84. The highest BCUT2D eigenvalue weighted by Gasteiger charge is 2.09. The minimum absolute atomic E-state index is 0.0752. The van der Waals surface area contributed by atoms with Gasteiger partial charge in [-0.1, -0.05) is 48.5 Å². The Hall–Kier alpha value is -3.60. The summed E-state index contributed by atoms with van der Waals surface area (Å²) in [5.41, 5.74) is 4.53. The van der Waals surface area contributed by atoms with E-state index in [2.05, 4.69) is 33.7 Å². The molecule has 0 bridgehead atoms. The van der Waals surface area contributed by atoms with Crippen LogP contribution in [0.4, 0.5) is 0 Å². The highest BCUT2D eigenvalue weighted by molar-refractivity contribution is 6.11. The van der Waals surface area contributed by atoms with E-state index in [0.717, 1.165) is 27.2 Å². The molecule has 0 unspecified atom stereocenters. The molecule has 4 rings (SSSR count). The van der Waals surface area contributed by atoms with Gasteiger partial charge in [-0.05, 0) is 17.5 Å². The number of hydrogen-bond acceptors (Lipinski definition) is 3. The molecule has 1 heterocycles. The van der Waals surface area contributed by atoms with E-state index in [4.69, 9.17) is 0 Å². The van der Waals surface area contributed by atoms with Gasteiger partial charge >= 0.3 is 0 Å². The van der Waals surface area contributed by atoms with E-state index in [1.165, 1.54) is 12.1 Å². The number of rotatable bonds is 3. The van der Waals surface area contributed by atoms with Crippen LogP contribution in [-0.4, -0.2) is 22.2 Å². The van der Waals surface area contributed by atoms with E-state index < -0.39 is 5.91 Å². The predicted octanol–water partition coefficient (Wildman–Crippen LogP) is 3.79. The Kier molecular flexibility index (Phi) is 3.67. The van der Waals surface area contributed by atoms with Crippen molar-refractivity contribution in [2.75, 3.05) is 0 Å². The highest BCUT2D eigenvalue weighted by Crippen LogP contribution is 2.26. The van der Waals surface area contributed by atoms with Crippen molar-refractivity contribution in [2.24, 2.45) is 5.10 Å². The summed E-state index contributed by atoms with van der Waals surface area (Å²) in [6.45, 7) is 0. The molecule has 0 aliphatic rings. The fourth-order valence-electron chi connectivity index (χ4n) is 2.89. The molecule has 0 atom stereocenters. The number of fused-ring (bicyclic) bond motifs is 3. The van der Waals surface area contributed by atoms with Crippen LogP contribution in [0.1, 0.15) is 15.9 Å². The van der Waals surface area contributed by atoms with Crippen molar-refractivity contribution in [3.05, 3.63) is 78.0 Å². The van der Waals surface area contributed by atoms with Crippen LogP contribution >= 0.6 is 0 Å². The first-order valence-corrected chi connectivity index (χ1v) is 7.84. The smallest absolute Gasteiger partial charge is 0.275 e. The number of aromatic nitrogens is 1. The zero-order chi connectivity index (χ0) is 17.2. The SMILES string of the molecule is O=C(N/N=C\c1c[nH]c2c1ccc1ccccc12)c1ccccc1O. The normalized spacial score (nSPS) is 11.4. The second-order valence-electron chi connectivity index (χ2n) is 5.67. The number of carbonyl (C=O) groups excluding carboxylic acids is 1. The first-order chi connectivity index (χ1) is 12.2. The number of aromatic amines is 1. The molecular weight excluding hydrogens is 314 g/mol. The lowest BCUT2D eigenvalue weighted by Gasteiger charge is -2.02. The Morgan fingerprint density at radius 1 is 1.00 bits per heavy atom. The van der Waals surface area contributed by atoms with Crippen LogP contribution in [-0.2, 0) is 0 Å². The van der Waals surface area contributed by atoms with Crippen molar-refractivity contribution in [3.8, 4) is 5.75 Å². The van der Waals surface area contributed by atoms with Gasteiger partial charge in [0.2, 0.25) is 0 Å². The third-order valence-corrected chi connectivity index (χ3v) is 4.13. The van der Waals surface area contributed by atoms with Crippen LogP contribution in [0.2, 0.25) is 0 Å². The first kappa shape index (κ1) is 15.0. The summed E-state index contributed by atoms with van der Waals surface area (Å²) in [5, 5.41) is 17.0. The molecule has 122 valence electrons. The lowest BCUT2D eigenvalue weighted by Crippen LogP contribution is -2.17. The largest absolute Gasteiger partial charge is 0.507 e. The lowest BCUT2D eigenvalue weighted by molar-refractivity contribution is 0.0952. The van der Waals surface area contributed by atoms with Gasteiger partial charge in [0.25, 0.3) is 5.91 Å². The number of hydrogen-bond donors (Lipinski definition) is 3. The third kappa shape index (κ3) is 2.72. The maximum Gasteiger partial charge on any atom is 0.275 e. The van der Waals surface area contributed by atoms with Gasteiger partial charge in [-0.3, -0.25) is 4.79 Å². The Bertz CT molecular complexity index is 1110. The van der Waals surface area contributed by atoms with Crippen LogP contribution in [0.5, 0.6) is 5.75 Å². The quantitative estimate of drug-likeness (QED) is 0.395. The molecule has 0 radical (unpaired) electrons. The van der Waals surface area contributed by atoms with Gasteiger partial charge in [-0.2, -0.15) is 5.10 Å². The van der Waals surface area contributed by atoms with Crippen molar-refractivity contribution >= 4 is 33.8 Å². The molecule has 1 amide bonds. The second-order valence-corrected chi connectivity index (χ2v) is 5.67. The van der Waals surface area contributed by atoms with E-state index in [1.807, 2.05) is 24.4 Å². The second kappa shape index (κ2) is 6.13. The fraction of sp³-hybridized carbons (Fsp3) is 0. The van der Waals surface area contributed by atoms with Crippen molar-refractivity contribution in [1.29, 1.82) is 0 Å². The predicted molar refractivity (Wildman–Crippen MR) is 99.0 cm³/mol. The van der Waals surface area contributed by atoms with E-state index in [9.17, 15) is 9.90 Å². The van der Waals surface area contributed by atoms with Crippen LogP contribution in [0.3, 0.4) is 0 Å². The Morgan fingerprint density at radius 3 is 2.68 bits per heavy atom. The molecule has 4 aromatic rings. The number of nitrogens with one attached hydrogen (secondary N) is 2. The molecule has 5 heteroatoms. The average molecular weight is 329 g/mol. The maximum atomic E-state index is 12.0. The summed E-state index contributed by atoms with van der Waals surface area (Å²) in [6, 6.07) is 18.6. The van der Waals surface area contributed by atoms with E-state index >= 15 is 0 Å². The number of para-hydroxylation sites is 1. The number of carbonyl (C=O) groups is 1. The molecule has 3 aromatic carbocycles. The molecule has 1 aromatic heterocycles. The van der Waals surface area contributed by atoms with Crippen LogP contribution in [0.25, 0.3) is 21.7 Å². The van der Waals surface area contributed by atoms with E-state index in [1.54, 1.807) is 18.3 Å². The number of benzene rings is 3. The maximum absolute atomic E-state index is 12.0. The van der Waals surface area contributed by atoms with Crippen LogP contribution in [0.15, 0.2) is 72.0 Å². The number of nitrogens with zero attached hydrogens (tertiary/aromatic N) is 1. The van der Waals surface area contributed by atoms with Gasteiger partial charge in [-0.25, -0.2) is 5.43 Å². The molecule has 0 saturated heterocycles. The van der Waals surface area contributed by atoms with Crippen molar-refractivity contribution in [1.82, 2.24) is 10.4 Å². The van der Waals surface area contributed by atoms with E-state index in [0.29, 0.717) is 0 Å². The lowest BCUT2D eigenvalue weighted by atomic mass is 10.1. The van der Waals surface area contributed by atoms with Crippen LogP contribution < -0.4 is 5.43 Å². The standard InChI is InChI=1S/C20H15N3O2/c24-18-8-4-3-7-17(18)20(25)23-22-12-14-11-21-19-15-6-2-1-5-13(15)9-10-16(14)19/h1-12,21,24H,(H,23,25)/b22-12-. The number of amides is 1. The number of hydrazone groups is 1. The molecule has 0 aliphatic carbocycles. The molecule has 3 N–H and O–H groups in total. The fourth-order valence-corrected chi connectivity index (χ4v) is 2.89. The highest BCUT2D eigenvalue weighted by atomic mass is 16.3. The molecule has 0 aliphatic heterocycles. The molecule has 5 nitrogen and oxygen atoms in total. The Labute approximate surface area is 143 Å². The van der Waals surface area contributed by atoms with Gasteiger partial charge in [0, 0.05) is 22.5 Å². The van der Waals surface area contributed by atoms with Crippen molar-refractivity contribution in [3.63, 3.8) is 0 Å². The summed E-state index contributed by atoms with van der Waals surface area (Å²) in [4.78, 5) is 15.3. The minimum Gasteiger partial charge on any atom is -0.507 e. The van der Waals surface area contributed by atoms with Gasteiger partial charge < -0.3 is 10.1 Å². The van der Waals surface area contributed by atoms with Gasteiger partial charge in [0.05, 0.1) is 17.3 Å². The van der Waals surface area contributed by atoms with Crippen molar-refractivity contribution in [2.45, 2.75) is 0 Å². The topological polar surface area (TPSA) is 77.5 Å². The summed E-state index contributed by atoms with van der Waals surface area (Å²) < 4.78 is 0. The molecule has 0 spiro atoms. The Balaban J connectivity index is 1.61. The molecular formula is C20H15N3O2. The monoisotopic (exact) mass is 329 g/mol. The van der Waals surface area contributed by atoms with Gasteiger partial charge in [0.1, 0.15) is 5.75 Å². The zero-order valence-electron chi connectivity index (χ0n) is 13.2. The van der Waals surface area contributed by atoms with Gasteiger partial charge in [0.15, 0.2) is 0 Å². The summed E-state index contributed by atoms with van der Waals surface area (Å²) in [6.07, 6.45) is 3.44. The number of phenols is 1. The van der Waals surface area contributed by atoms with Crippen molar-refractivity contribution < 1.29 is 9.90 Å². The molecule has 25 heavy (non-hydrogen) atoms. The van der Waals surface area contributed by atoms with Gasteiger partial charge in [-0.15, -0.1) is 0 Å².